The second-order valence-electron chi connectivity index (χ2n) is 4.61. The Hall–Kier alpha value is -0.530. The van der Waals surface area contributed by atoms with Crippen molar-refractivity contribution in [1.82, 2.24) is 0 Å². The molecule has 0 saturated heterocycles. The first kappa shape index (κ1) is 9.68. The zero-order chi connectivity index (χ0) is 10.6. The Morgan fingerprint density at radius 2 is 2.07 bits per heavy atom. The molecule has 2 fully saturated rings. The van der Waals surface area contributed by atoms with Crippen LogP contribution < -0.4 is 0 Å². The molecule has 15 heavy (non-hydrogen) atoms. The summed E-state index contributed by atoms with van der Waals surface area (Å²) in [5.74, 6) is 0.944. The molecule has 2 atom stereocenters. The number of carbonyl (C=O) groups excluding carboxylic acids is 1. The van der Waals surface area contributed by atoms with Gasteiger partial charge in [-0.15, -0.1) is 0 Å². The van der Waals surface area contributed by atoms with Gasteiger partial charge in [-0.05, 0) is 30.0 Å². The first-order valence-corrected chi connectivity index (χ1v) is 5.85. The molecule has 0 radical (unpaired) electrons. The van der Waals surface area contributed by atoms with Crippen LogP contribution in [0, 0.1) is 5.92 Å². The summed E-state index contributed by atoms with van der Waals surface area (Å²) in [6, 6.07) is 5.75. The summed E-state index contributed by atoms with van der Waals surface area (Å²) >= 11 is 11.9. The first-order chi connectivity index (χ1) is 7.12. The minimum Gasteiger partial charge on any atom is -0.300 e. The lowest BCUT2D eigenvalue weighted by molar-refractivity contribution is -0.118. The van der Waals surface area contributed by atoms with Gasteiger partial charge in [-0.1, -0.05) is 29.3 Å². The van der Waals surface area contributed by atoms with Gasteiger partial charge in [-0.25, -0.2) is 0 Å². The maximum Gasteiger partial charge on any atom is 0.134 e. The fourth-order valence-electron chi connectivity index (χ4n) is 2.83. The number of ketones is 1. The van der Waals surface area contributed by atoms with Crippen molar-refractivity contribution < 1.29 is 4.79 Å². The highest BCUT2D eigenvalue weighted by Gasteiger charge is 2.60. The standard InChI is InChI=1S/C12H10Cl2O/c13-10-2-1-7(4-11(10)14)12-5-8(12)3-9(15)6-12/h1-2,4,8H,3,5-6H2/t8-,12+/m0/s1. The van der Waals surface area contributed by atoms with Crippen molar-refractivity contribution in [1.29, 1.82) is 0 Å². The zero-order valence-electron chi connectivity index (χ0n) is 8.09. The summed E-state index contributed by atoms with van der Waals surface area (Å²) in [6.45, 7) is 0. The summed E-state index contributed by atoms with van der Waals surface area (Å²) in [4.78, 5) is 11.4. The smallest absolute Gasteiger partial charge is 0.134 e. The molecule has 2 aliphatic rings. The minimum absolute atomic E-state index is 0.116. The van der Waals surface area contributed by atoms with Crippen LogP contribution in [-0.2, 0) is 10.2 Å². The van der Waals surface area contributed by atoms with Gasteiger partial charge >= 0.3 is 0 Å². The highest BCUT2D eigenvalue weighted by molar-refractivity contribution is 6.42. The van der Waals surface area contributed by atoms with Crippen molar-refractivity contribution in [3.8, 4) is 0 Å². The molecular weight excluding hydrogens is 231 g/mol. The number of benzene rings is 1. The Morgan fingerprint density at radius 1 is 1.27 bits per heavy atom. The number of rotatable bonds is 1. The molecule has 2 aliphatic carbocycles. The van der Waals surface area contributed by atoms with Crippen molar-refractivity contribution >= 4 is 29.0 Å². The molecule has 0 aliphatic heterocycles. The molecule has 78 valence electrons. The summed E-state index contributed by atoms with van der Waals surface area (Å²) in [7, 11) is 0. The lowest BCUT2D eigenvalue weighted by Crippen LogP contribution is -2.07. The Bertz CT molecular complexity index is 455. The van der Waals surface area contributed by atoms with Crippen LogP contribution in [0.4, 0.5) is 0 Å². The highest BCUT2D eigenvalue weighted by atomic mass is 35.5. The maximum atomic E-state index is 11.4. The van der Waals surface area contributed by atoms with E-state index in [1.807, 2.05) is 18.2 Å². The Kier molecular flexibility index (Phi) is 1.93. The molecule has 0 amide bonds. The molecule has 0 N–H and O–H groups in total. The van der Waals surface area contributed by atoms with E-state index in [0.717, 1.165) is 12.8 Å². The maximum absolute atomic E-state index is 11.4. The topological polar surface area (TPSA) is 17.1 Å². The van der Waals surface area contributed by atoms with Gasteiger partial charge in [0, 0.05) is 18.3 Å². The van der Waals surface area contributed by atoms with Crippen LogP contribution in [0.3, 0.4) is 0 Å². The van der Waals surface area contributed by atoms with Gasteiger partial charge in [0.05, 0.1) is 10.0 Å². The summed E-state index contributed by atoms with van der Waals surface area (Å²) in [6.07, 6.45) is 2.58. The van der Waals surface area contributed by atoms with Crippen molar-refractivity contribution in [2.24, 2.45) is 5.92 Å². The van der Waals surface area contributed by atoms with Gasteiger partial charge in [-0.3, -0.25) is 4.79 Å². The van der Waals surface area contributed by atoms with E-state index in [2.05, 4.69) is 0 Å². The summed E-state index contributed by atoms with van der Waals surface area (Å²) in [5, 5.41) is 1.17. The van der Waals surface area contributed by atoms with E-state index < -0.39 is 0 Å². The molecule has 0 heterocycles. The third kappa shape index (κ3) is 1.33. The molecule has 3 heteroatoms. The largest absolute Gasteiger partial charge is 0.300 e. The van der Waals surface area contributed by atoms with Crippen LogP contribution in [0.15, 0.2) is 18.2 Å². The molecule has 1 aromatic carbocycles. The van der Waals surface area contributed by atoms with Crippen LogP contribution in [0.1, 0.15) is 24.8 Å². The fourth-order valence-corrected chi connectivity index (χ4v) is 3.12. The number of hydrogen-bond donors (Lipinski definition) is 0. The van der Waals surface area contributed by atoms with Gasteiger partial charge in [0.2, 0.25) is 0 Å². The van der Waals surface area contributed by atoms with Gasteiger partial charge in [0.1, 0.15) is 5.78 Å². The number of hydrogen-bond acceptors (Lipinski definition) is 1. The van der Waals surface area contributed by atoms with Crippen LogP contribution in [0.25, 0.3) is 0 Å². The Morgan fingerprint density at radius 3 is 2.67 bits per heavy atom. The molecule has 0 bridgehead atoms. The molecule has 3 rings (SSSR count). The molecular formula is C12H10Cl2O. The average molecular weight is 241 g/mol. The van der Waals surface area contributed by atoms with E-state index >= 15 is 0 Å². The van der Waals surface area contributed by atoms with Gasteiger partial charge in [-0.2, -0.15) is 0 Å². The molecule has 0 unspecified atom stereocenters. The Labute approximate surface area is 98.4 Å². The molecule has 1 aromatic rings. The number of fused-ring (bicyclic) bond motifs is 1. The summed E-state index contributed by atoms with van der Waals surface area (Å²) < 4.78 is 0. The van der Waals surface area contributed by atoms with E-state index in [0.29, 0.717) is 28.2 Å². The van der Waals surface area contributed by atoms with Gasteiger partial charge in [0.25, 0.3) is 0 Å². The molecule has 1 nitrogen and oxygen atoms in total. The zero-order valence-corrected chi connectivity index (χ0v) is 9.61. The minimum atomic E-state index is 0.116. The van der Waals surface area contributed by atoms with Crippen LogP contribution in [-0.4, -0.2) is 5.78 Å². The second-order valence-corrected chi connectivity index (χ2v) is 5.42. The molecule has 0 spiro atoms. The van der Waals surface area contributed by atoms with E-state index in [1.165, 1.54) is 5.56 Å². The fraction of sp³-hybridized carbons (Fsp3) is 0.417. The van der Waals surface area contributed by atoms with Crippen LogP contribution in [0.2, 0.25) is 10.0 Å². The second kappa shape index (κ2) is 2.99. The molecule has 2 saturated carbocycles. The average Bonchev–Trinajstić information content (AvgIpc) is 2.75. The predicted octanol–water partition coefficient (Wildman–Crippen LogP) is 3.61. The van der Waals surface area contributed by atoms with Crippen molar-refractivity contribution in [3.63, 3.8) is 0 Å². The number of Topliss-reactive ketones (excluding diaryl/α,β-unsaturated/α-hetero) is 1. The normalized spacial score (nSPS) is 32.9. The lowest BCUT2D eigenvalue weighted by atomic mass is 9.93. The highest BCUT2D eigenvalue weighted by Crippen LogP contribution is 2.63. The quantitative estimate of drug-likeness (QED) is 0.733. The van der Waals surface area contributed by atoms with E-state index in [9.17, 15) is 4.79 Å². The van der Waals surface area contributed by atoms with Crippen molar-refractivity contribution in [2.45, 2.75) is 24.7 Å². The van der Waals surface area contributed by atoms with Gasteiger partial charge in [0.15, 0.2) is 0 Å². The molecule has 0 aromatic heterocycles. The van der Waals surface area contributed by atoms with E-state index in [1.54, 1.807) is 0 Å². The van der Waals surface area contributed by atoms with Gasteiger partial charge < -0.3 is 0 Å². The first-order valence-electron chi connectivity index (χ1n) is 5.09. The summed E-state index contributed by atoms with van der Waals surface area (Å²) in [5.41, 5.74) is 1.30. The monoisotopic (exact) mass is 240 g/mol. The van der Waals surface area contributed by atoms with E-state index in [-0.39, 0.29) is 5.41 Å². The van der Waals surface area contributed by atoms with Crippen molar-refractivity contribution in [3.05, 3.63) is 33.8 Å². The number of carbonyl (C=O) groups is 1. The predicted molar refractivity (Wildman–Crippen MR) is 60.5 cm³/mol. The number of halogens is 2. The van der Waals surface area contributed by atoms with Crippen molar-refractivity contribution in [2.75, 3.05) is 0 Å². The Balaban J connectivity index is 2.01. The van der Waals surface area contributed by atoms with Crippen LogP contribution >= 0.6 is 23.2 Å². The van der Waals surface area contributed by atoms with Crippen LogP contribution in [0.5, 0.6) is 0 Å². The lowest BCUT2D eigenvalue weighted by Gasteiger charge is -2.12. The third-order valence-electron chi connectivity index (χ3n) is 3.71. The third-order valence-corrected chi connectivity index (χ3v) is 4.45. The van der Waals surface area contributed by atoms with E-state index in [4.69, 9.17) is 23.2 Å². The SMILES string of the molecule is O=C1C[C@H]2C[C@]2(c2ccc(Cl)c(Cl)c2)C1.